The molecule has 0 unspecified atom stereocenters. The minimum absolute atomic E-state index is 0.115. The average Bonchev–Trinajstić information content (AvgIpc) is 3.75. The number of hydrogen-bond donors (Lipinski definition) is 1. The lowest BCUT2D eigenvalue weighted by Gasteiger charge is -2.27. The van der Waals surface area contributed by atoms with Crippen molar-refractivity contribution in [2.45, 2.75) is 59.2 Å². The Balaban J connectivity index is 1.22. The normalized spacial score (nSPS) is 12.7. The van der Waals surface area contributed by atoms with Gasteiger partial charge in [-0.25, -0.2) is 4.98 Å². The number of fused-ring (bicyclic) bond motifs is 1. The van der Waals surface area contributed by atoms with Crippen molar-refractivity contribution in [2.24, 2.45) is 0 Å². The number of imidazole rings is 1. The highest BCUT2D eigenvalue weighted by Gasteiger charge is 2.29. The molecule has 67 heavy (non-hydrogen) atoms. The van der Waals surface area contributed by atoms with Crippen LogP contribution < -0.4 is 0 Å². The van der Waals surface area contributed by atoms with E-state index >= 15 is 0 Å². The van der Waals surface area contributed by atoms with E-state index in [0.717, 1.165) is 72.5 Å². The standard InChI is InChI=1S/C63H55N3O/c1-41-34-47(43-20-13-9-14-21-43)30-31-57(41)66-58-25-17-24-53(59(58)65-61(66)54-39-52(62(2,3)4)40-55(60(54)67)63(5,6)7)50-35-49(44-22-15-10-16-23-44)36-51(37-50)56-38-48(32-33-64-56)46-28-26-45(27-29-46)42-18-11-8-12-19-42/h8-40,67H,1-7H3/i1D3. The van der Waals surface area contributed by atoms with Gasteiger partial charge >= 0.3 is 0 Å². The van der Waals surface area contributed by atoms with Crippen molar-refractivity contribution in [3.63, 3.8) is 0 Å². The van der Waals surface area contributed by atoms with Crippen LogP contribution in [0.4, 0.5) is 0 Å². The van der Waals surface area contributed by atoms with Gasteiger partial charge < -0.3 is 5.11 Å². The molecule has 0 saturated heterocycles. The molecule has 0 fully saturated rings. The molecular formula is C63H55N3O. The molecule has 2 heterocycles. The van der Waals surface area contributed by atoms with Crippen molar-refractivity contribution in [1.82, 2.24) is 14.5 Å². The number of rotatable bonds is 8. The Bertz CT molecular complexity index is 3530. The Morgan fingerprint density at radius 3 is 1.64 bits per heavy atom. The predicted octanol–water partition coefficient (Wildman–Crippen LogP) is 16.7. The van der Waals surface area contributed by atoms with E-state index in [2.05, 4.69) is 139 Å². The lowest BCUT2D eigenvalue weighted by molar-refractivity contribution is 0.446. The molecule has 0 aliphatic rings. The molecule has 0 bridgehead atoms. The maximum absolute atomic E-state index is 12.5. The minimum Gasteiger partial charge on any atom is -0.507 e. The fraction of sp³-hybridized carbons (Fsp3) is 0.143. The van der Waals surface area contributed by atoms with E-state index in [0.29, 0.717) is 28.1 Å². The summed E-state index contributed by atoms with van der Waals surface area (Å²) in [4.78, 5) is 10.5. The van der Waals surface area contributed by atoms with Crippen LogP contribution >= 0.6 is 0 Å². The van der Waals surface area contributed by atoms with E-state index in [9.17, 15) is 5.11 Å². The van der Waals surface area contributed by atoms with Crippen LogP contribution in [0.25, 0.3) is 95.0 Å². The van der Waals surface area contributed by atoms with Crippen molar-refractivity contribution >= 4 is 11.0 Å². The lowest BCUT2D eigenvalue weighted by Crippen LogP contribution is -2.17. The summed E-state index contributed by atoms with van der Waals surface area (Å²) < 4.78 is 28.9. The van der Waals surface area contributed by atoms with E-state index in [4.69, 9.17) is 14.1 Å². The Morgan fingerprint density at radius 1 is 0.463 bits per heavy atom. The summed E-state index contributed by atoms with van der Waals surface area (Å²) in [6, 6.07) is 65.8. The van der Waals surface area contributed by atoms with Gasteiger partial charge in [-0.3, -0.25) is 9.55 Å². The number of para-hydroxylation sites is 1. The van der Waals surface area contributed by atoms with E-state index in [-0.39, 0.29) is 16.7 Å². The van der Waals surface area contributed by atoms with Gasteiger partial charge in [-0.15, -0.1) is 0 Å². The molecule has 2 aromatic heterocycles. The highest BCUT2D eigenvalue weighted by molar-refractivity contribution is 5.98. The van der Waals surface area contributed by atoms with E-state index < -0.39 is 12.3 Å². The van der Waals surface area contributed by atoms with Gasteiger partial charge in [0, 0.05) is 27.0 Å². The minimum atomic E-state index is -2.50. The Kier molecular flexibility index (Phi) is 10.1. The van der Waals surface area contributed by atoms with Gasteiger partial charge in [0.1, 0.15) is 11.6 Å². The molecule has 328 valence electrons. The molecule has 10 rings (SSSR count). The first-order chi connectivity index (χ1) is 33.5. The van der Waals surface area contributed by atoms with Crippen molar-refractivity contribution in [3.8, 4) is 89.7 Å². The molecule has 4 nitrogen and oxygen atoms in total. The molecule has 0 aliphatic carbocycles. The third-order valence-electron chi connectivity index (χ3n) is 12.8. The Labute approximate surface area is 399 Å². The zero-order valence-corrected chi connectivity index (χ0v) is 38.8. The third-order valence-corrected chi connectivity index (χ3v) is 12.8. The molecule has 0 amide bonds. The number of pyridine rings is 1. The van der Waals surface area contributed by atoms with Crippen molar-refractivity contribution < 1.29 is 9.22 Å². The van der Waals surface area contributed by atoms with Crippen LogP contribution in [0.3, 0.4) is 0 Å². The molecule has 1 N–H and O–H groups in total. The van der Waals surface area contributed by atoms with Crippen LogP contribution in [0.1, 0.15) is 62.3 Å². The van der Waals surface area contributed by atoms with E-state index in [1.54, 1.807) is 6.07 Å². The molecular weight excluding hydrogens is 815 g/mol. The highest BCUT2D eigenvalue weighted by atomic mass is 16.3. The van der Waals surface area contributed by atoms with Crippen molar-refractivity contribution in [1.29, 1.82) is 0 Å². The Hall–Kier alpha value is -7.82. The molecule has 0 spiro atoms. The van der Waals surface area contributed by atoms with Gasteiger partial charge in [0.25, 0.3) is 0 Å². The number of aromatic nitrogens is 3. The zero-order chi connectivity index (χ0) is 49.0. The maximum atomic E-state index is 12.5. The Morgan fingerprint density at radius 2 is 1.01 bits per heavy atom. The summed E-state index contributed by atoms with van der Waals surface area (Å²) in [5, 5.41) is 12.5. The van der Waals surface area contributed by atoms with E-state index in [1.807, 2.05) is 102 Å². The van der Waals surface area contributed by atoms with Crippen LogP contribution in [-0.4, -0.2) is 19.6 Å². The van der Waals surface area contributed by atoms with E-state index in [1.165, 1.54) is 5.56 Å². The number of benzene rings is 8. The van der Waals surface area contributed by atoms with Gasteiger partial charge in [-0.05, 0) is 133 Å². The smallest absolute Gasteiger partial charge is 0.149 e. The van der Waals surface area contributed by atoms with Gasteiger partial charge in [0.05, 0.1) is 28.0 Å². The summed E-state index contributed by atoms with van der Waals surface area (Å²) in [7, 11) is 0. The number of hydrogen-bond acceptors (Lipinski definition) is 3. The molecule has 4 heteroatoms. The molecule has 8 aromatic carbocycles. The third kappa shape index (κ3) is 8.48. The number of aromatic hydroxyl groups is 1. The number of phenols is 1. The van der Waals surface area contributed by atoms with Crippen LogP contribution in [0.2, 0.25) is 0 Å². The molecule has 10 aromatic rings. The van der Waals surface area contributed by atoms with Gasteiger partial charge in [0.2, 0.25) is 0 Å². The number of phenolic OH excluding ortho intramolecular Hbond substituents is 1. The summed E-state index contributed by atoms with van der Waals surface area (Å²) >= 11 is 0. The van der Waals surface area contributed by atoms with Crippen molar-refractivity contribution in [3.05, 3.63) is 217 Å². The van der Waals surface area contributed by atoms with Crippen LogP contribution in [-0.2, 0) is 10.8 Å². The molecule has 0 radical (unpaired) electrons. The summed E-state index contributed by atoms with van der Waals surface area (Å²) in [5.74, 6) is 0.561. The fourth-order valence-corrected chi connectivity index (χ4v) is 9.09. The first-order valence-corrected chi connectivity index (χ1v) is 22.9. The second kappa shape index (κ2) is 17.2. The SMILES string of the molecule is [2H]C([2H])([2H])c1cc(-c2ccccc2)ccc1-n1c(-c2cc(C(C)(C)C)cc(C(C)(C)C)c2O)nc2c(-c3cc(-c4ccccc4)cc(-c4cc(-c5ccc(-c6ccccc6)cc5)ccn4)c3)cccc21. The molecule has 0 atom stereocenters. The fourth-order valence-electron chi connectivity index (χ4n) is 9.09. The predicted molar refractivity (Wildman–Crippen MR) is 281 cm³/mol. The second-order valence-electron chi connectivity index (χ2n) is 19.5. The van der Waals surface area contributed by atoms with Crippen LogP contribution in [0.15, 0.2) is 200 Å². The monoisotopic (exact) mass is 872 g/mol. The molecule has 0 saturated carbocycles. The zero-order valence-electron chi connectivity index (χ0n) is 41.8. The number of aryl methyl sites for hydroxylation is 1. The van der Waals surface area contributed by atoms with Crippen LogP contribution in [0.5, 0.6) is 5.75 Å². The average molecular weight is 873 g/mol. The van der Waals surface area contributed by atoms with Gasteiger partial charge in [0.15, 0.2) is 0 Å². The maximum Gasteiger partial charge on any atom is 0.149 e. The first kappa shape index (κ1) is 39.5. The quantitative estimate of drug-likeness (QED) is 0.165. The van der Waals surface area contributed by atoms with Gasteiger partial charge in [-0.2, -0.15) is 0 Å². The largest absolute Gasteiger partial charge is 0.507 e. The van der Waals surface area contributed by atoms with Crippen LogP contribution in [0, 0.1) is 6.85 Å². The first-order valence-electron chi connectivity index (χ1n) is 24.4. The lowest BCUT2D eigenvalue weighted by atomic mass is 9.79. The number of nitrogens with zero attached hydrogens (tertiary/aromatic N) is 3. The summed E-state index contributed by atoms with van der Waals surface area (Å²) in [5.41, 5.74) is 15.4. The highest BCUT2D eigenvalue weighted by Crippen LogP contribution is 2.45. The topological polar surface area (TPSA) is 50.9 Å². The second-order valence-corrected chi connectivity index (χ2v) is 19.5. The van der Waals surface area contributed by atoms with Gasteiger partial charge in [-0.1, -0.05) is 181 Å². The summed E-state index contributed by atoms with van der Waals surface area (Å²) in [6.07, 6.45) is 1.87. The summed E-state index contributed by atoms with van der Waals surface area (Å²) in [6.45, 7) is 10.3. The van der Waals surface area contributed by atoms with Crippen molar-refractivity contribution in [2.75, 3.05) is 0 Å². The molecule has 0 aliphatic heterocycles.